The first kappa shape index (κ1) is 16.1. The Labute approximate surface area is 145 Å². The molecule has 0 bridgehead atoms. The van der Waals surface area contributed by atoms with Gasteiger partial charge in [-0.15, -0.1) is 0 Å². The Kier molecular flexibility index (Phi) is 4.15. The van der Waals surface area contributed by atoms with Crippen LogP contribution in [0, 0.1) is 6.92 Å². The largest absolute Gasteiger partial charge is 0.340 e. The van der Waals surface area contributed by atoms with Crippen molar-refractivity contribution >= 4 is 5.91 Å². The van der Waals surface area contributed by atoms with Crippen LogP contribution in [-0.4, -0.2) is 32.5 Å². The second-order valence-corrected chi connectivity index (χ2v) is 6.90. The third kappa shape index (κ3) is 2.99. The summed E-state index contributed by atoms with van der Waals surface area (Å²) >= 11 is 0. The molecule has 0 radical (unpaired) electrons. The number of aromatic amines is 1. The first-order valence-electron chi connectivity index (χ1n) is 9.00. The van der Waals surface area contributed by atoms with Crippen LogP contribution in [0.4, 0.5) is 0 Å². The van der Waals surface area contributed by atoms with E-state index in [4.69, 9.17) is 4.52 Å². The molecule has 0 aromatic carbocycles. The van der Waals surface area contributed by atoms with E-state index in [9.17, 15) is 9.59 Å². The molecule has 1 saturated heterocycles. The fourth-order valence-electron chi connectivity index (χ4n) is 3.89. The van der Waals surface area contributed by atoms with Crippen molar-refractivity contribution in [2.75, 3.05) is 6.54 Å². The molecular weight excluding hydrogens is 320 g/mol. The lowest BCUT2D eigenvalue weighted by atomic mass is 10.1. The summed E-state index contributed by atoms with van der Waals surface area (Å²) in [6.07, 6.45) is 6.79. The van der Waals surface area contributed by atoms with Crippen molar-refractivity contribution in [2.45, 2.75) is 57.9 Å². The van der Waals surface area contributed by atoms with Gasteiger partial charge in [-0.1, -0.05) is 11.6 Å². The summed E-state index contributed by atoms with van der Waals surface area (Å²) in [5, 5.41) is 3.96. The van der Waals surface area contributed by atoms with Gasteiger partial charge < -0.3 is 14.4 Å². The van der Waals surface area contributed by atoms with Crippen LogP contribution in [0.3, 0.4) is 0 Å². The zero-order valence-electron chi connectivity index (χ0n) is 14.4. The molecule has 2 aromatic rings. The third-order valence-corrected chi connectivity index (χ3v) is 5.17. The van der Waals surface area contributed by atoms with E-state index in [0.29, 0.717) is 18.3 Å². The molecule has 0 saturated carbocycles. The smallest absolute Gasteiger partial charge is 0.261 e. The van der Waals surface area contributed by atoms with Crippen LogP contribution in [0.1, 0.15) is 71.5 Å². The molecule has 2 aliphatic rings. The number of aryl methyl sites for hydroxylation is 3. The number of fused-ring (bicyclic) bond motifs is 1. The summed E-state index contributed by atoms with van der Waals surface area (Å²) in [5.74, 6) is 0.768. The Morgan fingerprint density at radius 2 is 2.12 bits per heavy atom. The third-order valence-electron chi connectivity index (χ3n) is 5.17. The Hall–Kier alpha value is -2.44. The highest BCUT2D eigenvalue weighted by atomic mass is 16.5. The lowest BCUT2D eigenvalue weighted by molar-refractivity contribution is 0.0726. The molecule has 2 aromatic heterocycles. The molecule has 1 aliphatic carbocycles. The Morgan fingerprint density at radius 1 is 1.28 bits per heavy atom. The minimum absolute atomic E-state index is 0.219. The molecule has 4 rings (SSSR count). The summed E-state index contributed by atoms with van der Waals surface area (Å²) in [6.45, 7) is 2.34. The van der Waals surface area contributed by atoms with Crippen molar-refractivity contribution in [1.82, 2.24) is 20.0 Å². The molecule has 132 valence electrons. The number of nitrogens with zero attached hydrogens (tertiary/aromatic N) is 3. The second kappa shape index (κ2) is 6.46. The van der Waals surface area contributed by atoms with Gasteiger partial charge in [-0.2, -0.15) is 4.98 Å². The number of nitrogens with one attached hydrogen (secondary N) is 1. The van der Waals surface area contributed by atoms with Crippen molar-refractivity contribution in [2.24, 2.45) is 0 Å². The van der Waals surface area contributed by atoms with E-state index < -0.39 is 0 Å². The van der Waals surface area contributed by atoms with Gasteiger partial charge in [0.15, 0.2) is 5.82 Å². The van der Waals surface area contributed by atoms with Crippen molar-refractivity contribution < 1.29 is 9.32 Å². The van der Waals surface area contributed by atoms with Crippen LogP contribution in [0.5, 0.6) is 0 Å². The second-order valence-electron chi connectivity index (χ2n) is 6.90. The molecule has 1 unspecified atom stereocenters. The van der Waals surface area contributed by atoms with E-state index >= 15 is 0 Å². The Balaban J connectivity index is 1.66. The average Bonchev–Trinajstić information content (AvgIpc) is 3.18. The van der Waals surface area contributed by atoms with Gasteiger partial charge in [-0.3, -0.25) is 9.59 Å². The van der Waals surface area contributed by atoms with Crippen LogP contribution in [0.25, 0.3) is 0 Å². The number of aromatic nitrogens is 3. The minimum atomic E-state index is -0.291. The summed E-state index contributed by atoms with van der Waals surface area (Å²) in [6, 6.07) is 1.58. The monoisotopic (exact) mass is 342 g/mol. The predicted molar refractivity (Wildman–Crippen MR) is 90.4 cm³/mol. The molecule has 3 heterocycles. The summed E-state index contributed by atoms with van der Waals surface area (Å²) in [5.41, 5.74) is 2.03. The number of hydrogen-bond donors (Lipinski definition) is 1. The van der Waals surface area contributed by atoms with Gasteiger partial charge in [0.1, 0.15) is 5.56 Å². The van der Waals surface area contributed by atoms with Crippen LogP contribution in [0.15, 0.2) is 15.4 Å². The maximum Gasteiger partial charge on any atom is 0.261 e. The highest BCUT2D eigenvalue weighted by Crippen LogP contribution is 2.31. The molecule has 7 heteroatoms. The first-order chi connectivity index (χ1) is 12.1. The number of carbonyl (C=O) groups excluding carboxylic acids is 1. The number of carbonyl (C=O) groups is 1. The molecule has 1 aliphatic heterocycles. The van der Waals surface area contributed by atoms with Gasteiger partial charge in [-0.25, -0.2) is 0 Å². The Bertz CT molecular complexity index is 854. The fourth-order valence-corrected chi connectivity index (χ4v) is 3.89. The maximum atomic E-state index is 13.0. The van der Waals surface area contributed by atoms with Gasteiger partial charge in [0.25, 0.3) is 11.5 Å². The summed E-state index contributed by atoms with van der Waals surface area (Å²) < 4.78 is 5.06. The molecule has 1 amide bonds. The van der Waals surface area contributed by atoms with Crippen molar-refractivity contribution in [3.8, 4) is 0 Å². The SMILES string of the molecule is Cc1nc(C2CCCN2C(=O)c2cc3c([nH]c2=O)CCCCC3)no1. The van der Waals surface area contributed by atoms with Gasteiger partial charge in [0.05, 0.1) is 6.04 Å². The van der Waals surface area contributed by atoms with Gasteiger partial charge in [0.2, 0.25) is 5.89 Å². The van der Waals surface area contributed by atoms with E-state index in [1.54, 1.807) is 17.9 Å². The van der Waals surface area contributed by atoms with Gasteiger partial charge in [0, 0.05) is 19.2 Å². The average molecular weight is 342 g/mol. The van der Waals surface area contributed by atoms with Crippen LogP contribution in [0.2, 0.25) is 0 Å². The van der Waals surface area contributed by atoms with Crippen molar-refractivity contribution in [3.05, 3.63) is 45.0 Å². The van der Waals surface area contributed by atoms with Crippen LogP contribution >= 0.6 is 0 Å². The highest BCUT2D eigenvalue weighted by Gasteiger charge is 2.35. The minimum Gasteiger partial charge on any atom is -0.340 e. The number of H-pyrrole nitrogens is 1. The highest BCUT2D eigenvalue weighted by molar-refractivity contribution is 5.94. The van der Waals surface area contributed by atoms with Crippen LogP contribution in [-0.2, 0) is 12.8 Å². The summed E-state index contributed by atoms with van der Waals surface area (Å²) in [4.78, 5) is 34.5. The van der Waals surface area contributed by atoms with Crippen LogP contribution < -0.4 is 5.56 Å². The number of pyridine rings is 1. The lowest BCUT2D eigenvalue weighted by Gasteiger charge is -2.22. The number of rotatable bonds is 2. The first-order valence-corrected chi connectivity index (χ1v) is 9.00. The van der Waals surface area contributed by atoms with E-state index in [1.807, 2.05) is 0 Å². The van der Waals surface area contributed by atoms with Crippen molar-refractivity contribution in [1.29, 1.82) is 0 Å². The van der Waals surface area contributed by atoms with Crippen molar-refractivity contribution in [3.63, 3.8) is 0 Å². The Morgan fingerprint density at radius 3 is 2.92 bits per heavy atom. The van der Waals surface area contributed by atoms with E-state index in [1.165, 1.54) is 0 Å². The zero-order valence-corrected chi connectivity index (χ0v) is 14.4. The lowest BCUT2D eigenvalue weighted by Crippen LogP contribution is -2.35. The molecule has 0 spiro atoms. The molecule has 25 heavy (non-hydrogen) atoms. The van der Waals surface area contributed by atoms with E-state index in [0.717, 1.165) is 56.2 Å². The van der Waals surface area contributed by atoms with Gasteiger partial charge in [-0.05, 0) is 50.2 Å². The maximum absolute atomic E-state index is 13.0. The molecule has 1 fully saturated rings. The zero-order chi connectivity index (χ0) is 17.4. The number of hydrogen-bond acceptors (Lipinski definition) is 5. The molecule has 1 N–H and O–H groups in total. The predicted octanol–water partition coefficient (Wildman–Crippen LogP) is 2.31. The number of amides is 1. The quantitative estimate of drug-likeness (QED) is 0.846. The molecule has 7 nitrogen and oxygen atoms in total. The molecule has 1 atom stereocenters. The number of likely N-dealkylation sites (tertiary alicyclic amines) is 1. The van der Waals surface area contributed by atoms with E-state index in [2.05, 4.69) is 15.1 Å². The van der Waals surface area contributed by atoms with E-state index in [-0.39, 0.29) is 23.1 Å². The normalized spacial score (nSPS) is 20.4. The topological polar surface area (TPSA) is 92.1 Å². The molecular formula is C18H22N4O3. The summed E-state index contributed by atoms with van der Waals surface area (Å²) in [7, 11) is 0. The van der Waals surface area contributed by atoms with Gasteiger partial charge >= 0.3 is 0 Å². The standard InChI is InChI=1S/C18H22N4O3/c1-11-19-16(21-25-11)15-8-5-9-22(15)18(24)13-10-12-6-3-2-4-7-14(12)20-17(13)23/h10,15H,2-9H2,1H3,(H,20,23). The fraction of sp³-hybridized carbons (Fsp3) is 0.556.